The fourth-order valence-corrected chi connectivity index (χ4v) is 1.03. The summed E-state index contributed by atoms with van der Waals surface area (Å²) in [6.07, 6.45) is 7.44. The van der Waals surface area contributed by atoms with Crippen LogP contribution in [0.4, 0.5) is 0 Å². The Balaban J connectivity index is 2.37. The third kappa shape index (κ3) is 4.27. The van der Waals surface area contributed by atoms with Gasteiger partial charge >= 0.3 is 5.97 Å². The zero-order valence-electron chi connectivity index (χ0n) is 8.72. The summed E-state index contributed by atoms with van der Waals surface area (Å²) in [6, 6.07) is 8.96. The summed E-state index contributed by atoms with van der Waals surface area (Å²) >= 11 is 0. The van der Waals surface area contributed by atoms with Gasteiger partial charge in [0.1, 0.15) is 6.61 Å². The Kier molecular flexibility index (Phi) is 4.95. The van der Waals surface area contributed by atoms with Gasteiger partial charge in [0.05, 0.1) is 5.56 Å². The number of hydrogen-bond donors (Lipinski definition) is 0. The molecule has 0 fully saturated rings. The second-order valence-corrected chi connectivity index (χ2v) is 2.92. The van der Waals surface area contributed by atoms with E-state index in [4.69, 9.17) is 4.74 Å². The van der Waals surface area contributed by atoms with E-state index in [2.05, 4.69) is 0 Å². The van der Waals surface area contributed by atoms with Crippen LogP contribution >= 0.6 is 0 Å². The molecule has 0 saturated carbocycles. The van der Waals surface area contributed by atoms with Crippen LogP contribution in [0.15, 0.2) is 54.6 Å². The Labute approximate surface area is 89.9 Å². The largest absolute Gasteiger partial charge is 0.458 e. The van der Waals surface area contributed by atoms with Gasteiger partial charge in [0.2, 0.25) is 0 Å². The number of hydrogen-bond acceptors (Lipinski definition) is 2. The van der Waals surface area contributed by atoms with Crippen LogP contribution in [0.2, 0.25) is 0 Å². The topological polar surface area (TPSA) is 26.3 Å². The Bertz CT molecular complexity index is 350. The highest BCUT2D eigenvalue weighted by atomic mass is 16.5. The Morgan fingerprint density at radius 3 is 2.67 bits per heavy atom. The standard InChI is InChI=1S/C13H14O2/c1-2-3-4-8-11-15-13(14)12-9-6-5-7-10-12/h2-10H,11H2,1H3/b3-2?,8-4+. The highest BCUT2D eigenvalue weighted by Crippen LogP contribution is 2.00. The van der Waals surface area contributed by atoms with Crippen LogP contribution in [0.25, 0.3) is 0 Å². The molecule has 78 valence electrons. The maximum Gasteiger partial charge on any atom is 0.338 e. The molecular weight excluding hydrogens is 188 g/mol. The average Bonchev–Trinajstić information content (AvgIpc) is 2.30. The maximum atomic E-state index is 11.4. The van der Waals surface area contributed by atoms with Gasteiger partial charge in [-0.15, -0.1) is 0 Å². The van der Waals surface area contributed by atoms with Crippen molar-refractivity contribution in [1.82, 2.24) is 0 Å². The van der Waals surface area contributed by atoms with Gasteiger partial charge in [-0.25, -0.2) is 4.79 Å². The van der Waals surface area contributed by atoms with Crippen molar-refractivity contribution in [1.29, 1.82) is 0 Å². The molecule has 0 atom stereocenters. The number of carbonyl (C=O) groups excluding carboxylic acids is 1. The van der Waals surface area contributed by atoms with Crippen molar-refractivity contribution >= 4 is 5.97 Å². The first kappa shape index (κ1) is 11.2. The highest BCUT2D eigenvalue weighted by Gasteiger charge is 2.03. The first-order valence-electron chi connectivity index (χ1n) is 4.84. The molecular formula is C13H14O2. The summed E-state index contributed by atoms with van der Waals surface area (Å²) in [6.45, 7) is 2.23. The number of rotatable bonds is 4. The summed E-state index contributed by atoms with van der Waals surface area (Å²) in [5, 5.41) is 0. The predicted molar refractivity (Wildman–Crippen MR) is 60.7 cm³/mol. The van der Waals surface area contributed by atoms with Crippen LogP contribution < -0.4 is 0 Å². The van der Waals surface area contributed by atoms with Gasteiger partial charge in [-0.2, -0.15) is 0 Å². The van der Waals surface area contributed by atoms with E-state index in [1.54, 1.807) is 18.2 Å². The third-order valence-corrected chi connectivity index (χ3v) is 1.76. The molecule has 0 N–H and O–H groups in total. The predicted octanol–water partition coefficient (Wildman–Crippen LogP) is 2.98. The second kappa shape index (κ2) is 6.60. The number of esters is 1. The van der Waals surface area contributed by atoms with E-state index in [0.717, 1.165) is 0 Å². The molecule has 0 aliphatic rings. The SMILES string of the molecule is CC=C/C=C/COC(=O)c1ccccc1. The number of carbonyl (C=O) groups is 1. The summed E-state index contributed by atoms with van der Waals surface area (Å²) in [4.78, 5) is 11.4. The number of ether oxygens (including phenoxy) is 1. The normalized spacial score (nSPS) is 11.0. The molecule has 15 heavy (non-hydrogen) atoms. The second-order valence-electron chi connectivity index (χ2n) is 2.92. The minimum absolute atomic E-state index is 0.291. The van der Waals surface area contributed by atoms with Gasteiger partial charge in [-0.05, 0) is 25.1 Å². The molecule has 2 heteroatoms. The molecule has 1 rings (SSSR count). The lowest BCUT2D eigenvalue weighted by atomic mass is 10.2. The molecule has 0 aliphatic carbocycles. The van der Waals surface area contributed by atoms with Gasteiger partial charge in [0.25, 0.3) is 0 Å². The lowest BCUT2D eigenvalue weighted by Crippen LogP contribution is -2.04. The highest BCUT2D eigenvalue weighted by molar-refractivity contribution is 5.89. The minimum Gasteiger partial charge on any atom is -0.458 e. The molecule has 0 amide bonds. The Hall–Kier alpha value is -1.83. The van der Waals surface area contributed by atoms with E-state index in [0.29, 0.717) is 12.2 Å². The van der Waals surface area contributed by atoms with Crippen molar-refractivity contribution in [2.45, 2.75) is 6.92 Å². The zero-order valence-corrected chi connectivity index (χ0v) is 8.72. The summed E-state index contributed by atoms with van der Waals surface area (Å²) in [7, 11) is 0. The lowest BCUT2D eigenvalue weighted by molar-refractivity contribution is 0.0549. The molecule has 0 unspecified atom stereocenters. The molecule has 0 spiro atoms. The quantitative estimate of drug-likeness (QED) is 0.554. The van der Waals surface area contributed by atoms with Crippen LogP contribution in [-0.4, -0.2) is 12.6 Å². The van der Waals surface area contributed by atoms with Crippen LogP contribution in [-0.2, 0) is 4.74 Å². The van der Waals surface area contributed by atoms with E-state index in [-0.39, 0.29) is 5.97 Å². The molecule has 0 radical (unpaired) electrons. The molecule has 0 saturated heterocycles. The Morgan fingerprint density at radius 1 is 1.27 bits per heavy atom. The molecule has 0 aromatic heterocycles. The van der Waals surface area contributed by atoms with Crippen LogP contribution in [0.3, 0.4) is 0 Å². The number of allylic oxidation sites excluding steroid dienone is 3. The third-order valence-electron chi connectivity index (χ3n) is 1.76. The van der Waals surface area contributed by atoms with E-state index in [1.165, 1.54) is 0 Å². The van der Waals surface area contributed by atoms with E-state index >= 15 is 0 Å². The Morgan fingerprint density at radius 2 is 2.00 bits per heavy atom. The maximum absolute atomic E-state index is 11.4. The van der Waals surface area contributed by atoms with Crippen molar-refractivity contribution < 1.29 is 9.53 Å². The summed E-state index contributed by atoms with van der Waals surface area (Å²) < 4.78 is 5.02. The van der Waals surface area contributed by atoms with Crippen molar-refractivity contribution in [2.24, 2.45) is 0 Å². The van der Waals surface area contributed by atoms with Crippen LogP contribution in [0, 0.1) is 0 Å². The van der Waals surface area contributed by atoms with E-state index in [9.17, 15) is 4.79 Å². The minimum atomic E-state index is -0.291. The number of benzene rings is 1. The fourth-order valence-electron chi connectivity index (χ4n) is 1.03. The van der Waals surface area contributed by atoms with Crippen molar-refractivity contribution in [3.63, 3.8) is 0 Å². The summed E-state index contributed by atoms with van der Waals surface area (Å²) in [5.41, 5.74) is 0.580. The molecule has 0 heterocycles. The fraction of sp³-hybridized carbons (Fsp3) is 0.154. The first-order valence-corrected chi connectivity index (χ1v) is 4.84. The van der Waals surface area contributed by atoms with Gasteiger partial charge in [-0.3, -0.25) is 0 Å². The molecule has 0 aliphatic heterocycles. The van der Waals surface area contributed by atoms with E-state index < -0.39 is 0 Å². The monoisotopic (exact) mass is 202 g/mol. The zero-order chi connectivity index (χ0) is 10.9. The van der Waals surface area contributed by atoms with Crippen molar-refractivity contribution in [2.75, 3.05) is 6.61 Å². The average molecular weight is 202 g/mol. The smallest absolute Gasteiger partial charge is 0.338 e. The van der Waals surface area contributed by atoms with Crippen LogP contribution in [0.5, 0.6) is 0 Å². The van der Waals surface area contributed by atoms with Gasteiger partial charge < -0.3 is 4.74 Å². The summed E-state index contributed by atoms with van der Waals surface area (Å²) in [5.74, 6) is -0.291. The van der Waals surface area contributed by atoms with Crippen molar-refractivity contribution in [3.8, 4) is 0 Å². The molecule has 1 aromatic carbocycles. The van der Waals surface area contributed by atoms with Gasteiger partial charge in [0, 0.05) is 0 Å². The molecule has 0 bridgehead atoms. The lowest BCUT2D eigenvalue weighted by Gasteiger charge is -2.00. The first-order chi connectivity index (χ1) is 7.34. The molecule has 2 nitrogen and oxygen atoms in total. The van der Waals surface area contributed by atoms with Crippen molar-refractivity contribution in [3.05, 3.63) is 60.2 Å². The molecule has 1 aromatic rings. The van der Waals surface area contributed by atoms with Gasteiger partial charge in [-0.1, -0.05) is 36.4 Å². The van der Waals surface area contributed by atoms with Gasteiger partial charge in [0.15, 0.2) is 0 Å². The van der Waals surface area contributed by atoms with E-state index in [1.807, 2.05) is 43.4 Å². The van der Waals surface area contributed by atoms with Crippen LogP contribution in [0.1, 0.15) is 17.3 Å².